The lowest BCUT2D eigenvalue weighted by Gasteiger charge is -2.43. The van der Waals surface area contributed by atoms with Gasteiger partial charge in [0.1, 0.15) is 18.2 Å². The predicted molar refractivity (Wildman–Crippen MR) is 176 cm³/mol. The van der Waals surface area contributed by atoms with Crippen LogP contribution in [-0.2, 0) is 22.5 Å². The van der Waals surface area contributed by atoms with Crippen molar-refractivity contribution in [2.24, 2.45) is 5.41 Å². The molecule has 10 nitrogen and oxygen atoms in total. The summed E-state index contributed by atoms with van der Waals surface area (Å²) in [6.07, 6.45) is 0.595. The Labute approximate surface area is 278 Å². The molecule has 3 aliphatic rings. The standard InChI is InChI=1S/C34H38ClF2N7O3/c1-21-14-25-27(16-44(21)28-7-5-6-23-8-9-26(37)30(35)29(23)28)39-33(47-20-34(17-41(3)4)18-46-19-34)40-31(25)42-12-13-43(32(45)22(2)36)24(15-42)10-11-38/h5-9,21,24H,2,10,12-20H2,1,3-4H3/t21-,24?/m0/s1. The van der Waals surface area contributed by atoms with Crippen LogP contribution in [0.5, 0.6) is 6.01 Å². The number of nitrogens with zero attached hydrogens (tertiary/aromatic N) is 7. The largest absolute Gasteiger partial charge is 0.463 e. The van der Waals surface area contributed by atoms with Crippen molar-refractivity contribution in [3.63, 3.8) is 0 Å². The van der Waals surface area contributed by atoms with E-state index >= 15 is 0 Å². The number of anilines is 2. The lowest BCUT2D eigenvalue weighted by atomic mass is 9.86. The summed E-state index contributed by atoms with van der Waals surface area (Å²) in [4.78, 5) is 30.1. The number of nitriles is 1. The first kappa shape index (κ1) is 32.9. The quantitative estimate of drug-likeness (QED) is 0.300. The molecule has 0 N–H and O–H groups in total. The molecule has 2 atom stereocenters. The molecular weight excluding hydrogens is 628 g/mol. The molecule has 0 bridgehead atoms. The van der Waals surface area contributed by atoms with Crippen molar-refractivity contribution in [1.82, 2.24) is 19.8 Å². The van der Waals surface area contributed by atoms with Gasteiger partial charge in [0.15, 0.2) is 5.83 Å². The van der Waals surface area contributed by atoms with E-state index in [1.165, 1.54) is 11.0 Å². The van der Waals surface area contributed by atoms with Crippen LogP contribution in [-0.4, -0.2) is 97.9 Å². The molecule has 13 heteroatoms. The second kappa shape index (κ2) is 13.2. The van der Waals surface area contributed by atoms with Crippen molar-refractivity contribution in [2.75, 3.05) is 69.9 Å². The molecule has 0 radical (unpaired) electrons. The molecule has 3 aliphatic heterocycles. The maximum atomic E-state index is 14.7. The number of ether oxygens (including phenoxy) is 2. The Morgan fingerprint density at radius 1 is 1.26 bits per heavy atom. The molecule has 3 aromatic rings. The van der Waals surface area contributed by atoms with Gasteiger partial charge >= 0.3 is 6.01 Å². The molecule has 2 fully saturated rings. The normalized spacial score (nSPS) is 20.5. The summed E-state index contributed by atoms with van der Waals surface area (Å²) >= 11 is 6.53. The average molecular weight is 666 g/mol. The number of fused-ring (bicyclic) bond motifs is 2. The third-order valence-electron chi connectivity index (χ3n) is 9.20. The predicted octanol–water partition coefficient (Wildman–Crippen LogP) is 4.74. The monoisotopic (exact) mass is 665 g/mol. The van der Waals surface area contributed by atoms with Crippen LogP contribution in [0.2, 0.25) is 5.02 Å². The lowest BCUT2D eigenvalue weighted by Crippen LogP contribution is -2.56. The first-order valence-electron chi connectivity index (χ1n) is 15.7. The van der Waals surface area contributed by atoms with E-state index in [4.69, 9.17) is 31.0 Å². The molecule has 47 heavy (non-hydrogen) atoms. The zero-order chi connectivity index (χ0) is 33.5. The minimum atomic E-state index is -1.05. The zero-order valence-corrected chi connectivity index (χ0v) is 27.6. The SMILES string of the molecule is C=C(F)C(=O)N1CCN(c2nc(OCC3(CN(C)C)COC3)nc3c2C[C@H](C)N(c2cccc4ccc(F)c(Cl)c24)C3)CC1CC#N. The van der Waals surface area contributed by atoms with E-state index in [1.54, 1.807) is 6.07 Å². The molecule has 0 spiro atoms. The fourth-order valence-electron chi connectivity index (χ4n) is 6.99. The third kappa shape index (κ3) is 6.44. The van der Waals surface area contributed by atoms with Crippen LogP contribution >= 0.6 is 11.6 Å². The smallest absolute Gasteiger partial charge is 0.318 e. The number of amides is 1. The maximum absolute atomic E-state index is 14.7. The number of benzene rings is 2. The summed E-state index contributed by atoms with van der Waals surface area (Å²) in [6.45, 7) is 8.79. The number of aromatic nitrogens is 2. The Balaban J connectivity index is 1.38. The van der Waals surface area contributed by atoms with Gasteiger partial charge in [-0.2, -0.15) is 15.2 Å². The van der Waals surface area contributed by atoms with Gasteiger partial charge in [0.05, 0.1) is 54.4 Å². The van der Waals surface area contributed by atoms with Gasteiger partial charge in [-0.3, -0.25) is 4.79 Å². The van der Waals surface area contributed by atoms with Gasteiger partial charge in [-0.1, -0.05) is 36.4 Å². The molecule has 1 unspecified atom stereocenters. The Morgan fingerprint density at radius 3 is 2.72 bits per heavy atom. The summed E-state index contributed by atoms with van der Waals surface area (Å²) in [5.41, 5.74) is 2.30. The molecular formula is C34H38ClF2N7O3. The van der Waals surface area contributed by atoms with Crippen LogP contribution < -0.4 is 14.5 Å². The minimum absolute atomic E-state index is 0.0296. The third-order valence-corrected chi connectivity index (χ3v) is 9.57. The lowest BCUT2D eigenvalue weighted by molar-refractivity contribution is -0.140. The van der Waals surface area contributed by atoms with E-state index in [0.717, 1.165) is 28.9 Å². The van der Waals surface area contributed by atoms with Crippen LogP contribution in [0, 0.1) is 22.6 Å². The molecule has 4 heterocycles. The highest BCUT2D eigenvalue weighted by Gasteiger charge is 2.41. The number of carbonyl (C=O) groups is 1. The second-order valence-corrected chi connectivity index (χ2v) is 13.4. The molecule has 2 aromatic carbocycles. The highest BCUT2D eigenvalue weighted by molar-refractivity contribution is 6.36. The number of hydrogen-bond donors (Lipinski definition) is 0. The van der Waals surface area contributed by atoms with Gasteiger partial charge in [-0.15, -0.1) is 0 Å². The van der Waals surface area contributed by atoms with E-state index in [9.17, 15) is 18.8 Å². The Kier molecular flexibility index (Phi) is 9.25. The second-order valence-electron chi connectivity index (χ2n) is 13.1. The number of carbonyl (C=O) groups excluding carboxylic acids is 1. The first-order chi connectivity index (χ1) is 22.5. The van der Waals surface area contributed by atoms with E-state index in [-0.39, 0.29) is 42.0 Å². The molecule has 1 amide bonds. The minimum Gasteiger partial charge on any atom is -0.463 e. The van der Waals surface area contributed by atoms with Crippen molar-refractivity contribution in [2.45, 2.75) is 38.4 Å². The highest BCUT2D eigenvalue weighted by Crippen LogP contribution is 2.40. The molecule has 1 aromatic heterocycles. The Bertz CT molecular complexity index is 1740. The summed E-state index contributed by atoms with van der Waals surface area (Å²) in [5, 5.41) is 11.1. The molecule has 248 valence electrons. The van der Waals surface area contributed by atoms with Gasteiger partial charge in [-0.05, 0) is 45.0 Å². The van der Waals surface area contributed by atoms with E-state index in [2.05, 4.69) is 29.4 Å². The summed E-state index contributed by atoms with van der Waals surface area (Å²) in [5.74, 6) is -1.67. The molecule has 0 aliphatic carbocycles. The Morgan fingerprint density at radius 2 is 2.04 bits per heavy atom. The van der Waals surface area contributed by atoms with Gasteiger partial charge < -0.3 is 29.1 Å². The van der Waals surface area contributed by atoms with Crippen molar-refractivity contribution in [3.8, 4) is 12.1 Å². The van der Waals surface area contributed by atoms with Crippen LogP contribution in [0.4, 0.5) is 20.3 Å². The van der Waals surface area contributed by atoms with Gasteiger partial charge in [0, 0.05) is 48.9 Å². The topological polar surface area (TPSA) is 98.1 Å². The summed E-state index contributed by atoms with van der Waals surface area (Å²) in [7, 11) is 4.02. The van der Waals surface area contributed by atoms with Crippen molar-refractivity contribution < 1.29 is 23.0 Å². The van der Waals surface area contributed by atoms with E-state index in [1.807, 2.05) is 37.2 Å². The average Bonchev–Trinajstić information content (AvgIpc) is 3.03. The first-order valence-corrected chi connectivity index (χ1v) is 16.0. The van der Waals surface area contributed by atoms with Crippen LogP contribution in [0.15, 0.2) is 42.7 Å². The summed E-state index contributed by atoms with van der Waals surface area (Å²) in [6, 6.07) is 10.6. The highest BCUT2D eigenvalue weighted by atomic mass is 35.5. The number of halogens is 3. The summed E-state index contributed by atoms with van der Waals surface area (Å²) < 4.78 is 40.4. The number of rotatable bonds is 9. The van der Waals surface area contributed by atoms with Crippen molar-refractivity contribution >= 4 is 39.8 Å². The van der Waals surface area contributed by atoms with Crippen LogP contribution in [0.25, 0.3) is 10.8 Å². The van der Waals surface area contributed by atoms with Crippen LogP contribution in [0.1, 0.15) is 24.6 Å². The Hall–Kier alpha value is -4.05. The molecule has 2 saturated heterocycles. The van der Waals surface area contributed by atoms with Gasteiger partial charge in [-0.25, -0.2) is 8.78 Å². The van der Waals surface area contributed by atoms with Gasteiger partial charge in [0.25, 0.3) is 5.91 Å². The fourth-order valence-corrected chi connectivity index (χ4v) is 7.26. The van der Waals surface area contributed by atoms with Crippen molar-refractivity contribution in [1.29, 1.82) is 5.26 Å². The van der Waals surface area contributed by atoms with E-state index in [0.29, 0.717) is 50.5 Å². The van der Waals surface area contributed by atoms with E-state index < -0.39 is 23.6 Å². The fraction of sp³-hybridized carbons (Fsp3) is 0.471. The van der Waals surface area contributed by atoms with Crippen LogP contribution in [0.3, 0.4) is 0 Å². The molecule has 0 saturated carbocycles. The molecule has 6 rings (SSSR count). The van der Waals surface area contributed by atoms with Gasteiger partial charge in [0.2, 0.25) is 0 Å². The number of hydrogen-bond acceptors (Lipinski definition) is 9. The maximum Gasteiger partial charge on any atom is 0.318 e. The van der Waals surface area contributed by atoms with Crippen molar-refractivity contribution in [3.05, 3.63) is 64.8 Å². The zero-order valence-electron chi connectivity index (χ0n) is 26.8. The number of piperazine rings is 1.